The van der Waals surface area contributed by atoms with E-state index in [0.29, 0.717) is 0 Å². The maximum absolute atomic E-state index is 11.9. The molecule has 130 valence electrons. The molecular formula is C15H16O9. The number of fused-ring (bicyclic) bond motifs is 1. The third-order valence-corrected chi connectivity index (χ3v) is 4.32. The van der Waals surface area contributed by atoms with E-state index in [9.17, 15) is 19.2 Å². The number of esters is 4. The number of rotatable bonds is 5. The van der Waals surface area contributed by atoms with Crippen molar-refractivity contribution in [2.75, 3.05) is 13.7 Å². The van der Waals surface area contributed by atoms with E-state index in [4.69, 9.17) is 23.7 Å². The Bertz CT molecular complexity index is 624. The summed E-state index contributed by atoms with van der Waals surface area (Å²) in [4.78, 5) is 47.0. The largest absolute Gasteiger partial charge is 0.469 e. The van der Waals surface area contributed by atoms with Crippen LogP contribution in [-0.2, 0) is 42.9 Å². The zero-order chi connectivity index (χ0) is 17.6. The molecular weight excluding hydrogens is 324 g/mol. The number of methoxy groups -OCH3 is 1. The molecule has 3 aliphatic rings. The highest BCUT2D eigenvalue weighted by Crippen LogP contribution is 2.51. The Morgan fingerprint density at radius 3 is 2.54 bits per heavy atom. The predicted molar refractivity (Wildman–Crippen MR) is 73.2 cm³/mol. The average molecular weight is 340 g/mol. The molecule has 6 atom stereocenters. The van der Waals surface area contributed by atoms with Gasteiger partial charge in [0.1, 0.15) is 24.0 Å². The van der Waals surface area contributed by atoms with Crippen LogP contribution in [0.2, 0.25) is 0 Å². The van der Waals surface area contributed by atoms with E-state index in [-0.39, 0.29) is 5.57 Å². The summed E-state index contributed by atoms with van der Waals surface area (Å²) in [5, 5.41) is 0. The van der Waals surface area contributed by atoms with Gasteiger partial charge < -0.3 is 23.7 Å². The fraction of sp³-hybridized carbons (Fsp3) is 0.600. The summed E-state index contributed by atoms with van der Waals surface area (Å²) in [7, 11) is 1.20. The lowest BCUT2D eigenvalue weighted by molar-refractivity contribution is -0.169. The molecule has 3 aliphatic heterocycles. The molecule has 0 amide bonds. The molecule has 6 unspecified atom stereocenters. The van der Waals surface area contributed by atoms with Crippen molar-refractivity contribution in [2.45, 2.75) is 31.3 Å². The van der Waals surface area contributed by atoms with Gasteiger partial charge in [-0.2, -0.15) is 0 Å². The van der Waals surface area contributed by atoms with Crippen molar-refractivity contribution in [1.29, 1.82) is 0 Å². The van der Waals surface area contributed by atoms with Crippen molar-refractivity contribution in [3.05, 3.63) is 12.2 Å². The fourth-order valence-corrected chi connectivity index (χ4v) is 3.31. The number of hydrogen-bond donors (Lipinski definition) is 0. The maximum Gasteiger partial charge on any atom is 0.344 e. The summed E-state index contributed by atoms with van der Waals surface area (Å²) >= 11 is 0. The van der Waals surface area contributed by atoms with E-state index in [1.807, 2.05) is 0 Å². The highest BCUT2D eigenvalue weighted by molar-refractivity contribution is 5.89. The Labute approximate surface area is 136 Å². The van der Waals surface area contributed by atoms with Crippen LogP contribution >= 0.6 is 0 Å². The third kappa shape index (κ3) is 2.44. The number of ether oxygens (including phenoxy) is 5. The van der Waals surface area contributed by atoms with Crippen LogP contribution < -0.4 is 0 Å². The first kappa shape index (κ1) is 16.4. The first-order chi connectivity index (χ1) is 11.3. The molecule has 3 saturated heterocycles. The van der Waals surface area contributed by atoms with Gasteiger partial charge in [-0.05, 0) is 6.92 Å². The van der Waals surface area contributed by atoms with Crippen LogP contribution in [-0.4, -0.2) is 62.0 Å². The molecule has 3 fully saturated rings. The van der Waals surface area contributed by atoms with Gasteiger partial charge in [-0.15, -0.1) is 0 Å². The summed E-state index contributed by atoms with van der Waals surface area (Å²) < 4.78 is 25.4. The average Bonchev–Trinajstić information content (AvgIpc) is 3.15. The van der Waals surface area contributed by atoms with Crippen molar-refractivity contribution in [2.24, 2.45) is 11.8 Å². The van der Waals surface area contributed by atoms with Gasteiger partial charge in [-0.1, -0.05) is 6.58 Å². The lowest BCUT2D eigenvalue weighted by Crippen LogP contribution is -2.48. The minimum atomic E-state index is -0.946. The van der Waals surface area contributed by atoms with Gasteiger partial charge in [-0.3, -0.25) is 9.59 Å². The van der Waals surface area contributed by atoms with Crippen LogP contribution in [0.25, 0.3) is 0 Å². The van der Waals surface area contributed by atoms with Crippen molar-refractivity contribution in [3.8, 4) is 0 Å². The first-order valence-corrected chi connectivity index (χ1v) is 7.31. The van der Waals surface area contributed by atoms with Gasteiger partial charge in [0, 0.05) is 5.57 Å². The Balaban J connectivity index is 1.68. The second-order valence-corrected chi connectivity index (χ2v) is 5.85. The second-order valence-electron chi connectivity index (χ2n) is 5.85. The molecule has 2 bridgehead atoms. The molecule has 9 heteroatoms. The highest BCUT2D eigenvalue weighted by Gasteiger charge is 2.72. The zero-order valence-corrected chi connectivity index (χ0v) is 13.1. The lowest BCUT2D eigenvalue weighted by Gasteiger charge is -2.26. The van der Waals surface area contributed by atoms with E-state index < -0.39 is 66.7 Å². The number of hydrogen-bond acceptors (Lipinski definition) is 9. The summed E-state index contributed by atoms with van der Waals surface area (Å²) in [6.45, 7) is 4.21. The number of carbonyl (C=O) groups is 4. The summed E-state index contributed by atoms with van der Waals surface area (Å²) in [6, 6.07) is 0. The van der Waals surface area contributed by atoms with E-state index in [1.165, 1.54) is 14.0 Å². The van der Waals surface area contributed by atoms with E-state index in [1.54, 1.807) is 0 Å². The van der Waals surface area contributed by atoms with Crippen LogP contribution in [0.4, 0.5) is 0 Å². The van der Waals surface area contributed by atoms with Crippen molar-refractivity contribution < 1.29 is 42.9 Å². The topological polar surface area (TPSA) is 114 Å². The van der Waals surface area contributed by atoms with Crippen LogP contribution in [0, 0.1) is 11.8 Å². The fourth-order valence-electron chi connectivity index (χ4n) is 3.31. The lowest BCUT2D eigenvalue weighted by atomic mass is 9.78. The summed E-state index contributed by atoms with van der Waals surface area (Å²) in [5.41, 5.74) is 0.143. The van der Waals surface area contributed by atoms with Crippen molar-refractivity contribution >= 4 is 23.9 Å². The summed E-state index contributed by atoms with van der Waals surface area (Å²) in [5.74, 6) is -4.40. The molecule has 0 saturated carbocycles. The van der Waals surface area contributed by atoms with Gasteiger partial charge >= 0.3 is 23.9 Å². The minimum Gasteiger partial charge on any atom is -0.469 e. The molecule has 0 aliphatic carbocycles. The van der Waals surface area contributed by atoms with Gasteiger partial charge in [-0.25, -0.2) is 9.59 Å². The number of carbonyl (C=O) groups excluding carboxylic acids is 4. The van der Waals surface area contributed by atoms with Gasteiger partial charge in [0.05, 0.1) is 7.11 Å². The van der Waals surface area contributed by atoms with Gasteiger partial charge in [0.25, 0.3) is 0 Å². The smallest absolute Gasteiger partial charge is 0.344 e. The van der Waals surface area contributed by atoms with Crippen LogP contribution in [0.15, 0.2) is 12.2 Å². The van der Waals surface area contributed by atoms with E-state index in [0.717, 1.165) is 0 Å². The molecule has 0 aromatic heterocycles. The highest BCUT2D eigenvalue weighted by atomic mass is 16.7. The van der Waals surface area contributed by atoms with Gasteiger partial charge in [0.2, 0.25) is 0 Å². The molecule has 3 rings (SSSR count). The normalized spacial score (nSPS) is 35.3. The molecule has 0 aromatic carbocycles. The minimum absolute atomic E-state index is 0.143. The Morgan fingerprint density at radius 2 is 1.92 bits per heavy atom. The zero-order valence-electron chi connectivity index (χ0n) is 13.1. The first-order valence-electron chi connectivity index (χ1n) is 7.31. The molecule has 0 radical (unpaired) electrons. The monoisotopic (exact) mass is 340 g/mol. The van der Waals surface area contributed by atoms with Crippen molar-refractivity contribution in [3.63, 3.8) is 0 Å². The Kier molecular flexibility index (Phi) is 4.04. The van der Waals surface area contributed by atoms with Gasteiger partial charge in [0.15, 0.2) is 18.8 Å². The molecule has 3 heterocycles. The third-order valence-electron chi connectivity index (χ3n) is 4.32. The van der Waals surface area contributed by atoms with E-state index in [2.05, 4.69) is 6.58 Å². The summed E-state index contributed by atoms with van der Waals surface area (Å²) in [6.07, 6.45) is -3.20. The van der Waals surface area contributed by atoms with Crippen LogP contribution in [0.3, 0.4) is 0 Å². The maximum atomic E-state index is 11.9. The molecule has 24 heavy (non-hydrogen) atoms. The second kappa shape index (κ2) is 5.90. The van der Waals surface area contributed by atoms with Crippen LogP contribution in [0.1, 0.15) is 6.92 Å². The molecule has 9 nitrogen and oxygen atoms in total. The quantitative estimate of drug-likeness (QED) is 0.358. The predicted octanol–water partition coefficient (Wildman–Crippen LogP) is -0.871. The van der Waals surface area contributed by atoms with E-state index >= 15 is 0 Å². The van der Waals surface area contributed by atoms with Crippen LogP contribution in [0.5, 0.6) is 0 Å². The molecule has 0 spiro atoms. The molecule has 0 aromatic rings. The van der Waals surface area contributed by atoms with Crippen molar-refractivity contribution in [1.82, 2.24) is 0 Å². The molecule has 0 N–H and O–H groups in total. The Morgan fingerprint density at radius 1 is 1.21 bits per heavy atom. The standard InChI is InChI=1S/C15H16O9/c1-5(2)13(17)21-4-6(16)22-11-9-7(14(18)20-3)8-10(23-9)12(11)24-15(8)19/h7-12H,1,4H2,2-3H3. The SMILES string of the molecule is C=C(C)C(=O)OCC(=O)OC1C2OC(=O)C3C2OC1C3C(=O)OC. The Hall–Kier alpha value is -2.42.